The van der Waals surface area contributed by atoms with E-state index in [1.165, 1.54) is 0 Å². The molecule has 3 rings (SSSR count). The summed E-state index contributed by atoms with van der Waals surface area (Å²) in [4.78, 5) is 14.5. The van der Waals surface area contributed by atoms with Gasteiger partial charge in [0.2, 0.25) is 5.91 Å². The molecule has 1 amide bonds. The highest BCUT2D eigenvalue weighted by Gasteiger charge is 2.35. The van der Waals surface area contributed by atoms with Crippen LogP contribution < -0.4 is 5.73 Å². The summed E-state index contributed by atoms with van der Waals surface area (Å²) < 4.78 is 5.35. The number of rotatable bonds is 3. The lowest BCUT2D eigenvalue weighted by Gasteiger charge is -2.25. The Hall–Kier alpha value is -1.07. The number of amides is 1. The van der Waals surface area contributed by atoms with Gasteiger partial charge in [0.25, 0.3) is 0 Å². The van der Waals surface area contributed by atoms with Crippen molar-refractivity contribution in [3.05, 3.63) is 17.5 Å². The Kier molecular flexibility index (Phi) is 5.27. The quantitative estimate of drug-likeness (QED) is 0.931. The normalized spacial score (nSPS) is 28.7. The second-order valence-corrected chi connectivity index (χ2v) is 6.17. The maximum absolute atomic E-state index is 12.5. The summed E-state index contributed by atoms with van der Waals surface area (Å²) in [5, 5.41) is 3.94. The van der Waals surface area contributed by atoms with Crippen molar-refractivity contribution in [2.24, 2.45) is 11.7 Å². The summed E-state index contributed by atoms with van der Waals surface area (Å²) in [6, 6.07) is 2.21. The van der Waals surface area contributed by atoms with Gasteiger partial charge in [0, 0.05) is 25.1 Å². The van der Waals surface area contributed by atoms with Crippen molar-refractivity contribution >= 4 is 18.3 Å². The van der Waals surface area contributed by atoms with Crippen molar-refractivity contribution in [3.8, 4) is 0 Å². The van der Waals surface area contributed by atoms with E-state index in [4.69, 9.17) is 10.3 Å². The molecule has 0 radical (unpaired) electrons. The van der Waals surface area contributed by atoms with Crippen LogP contribution in [0.3, 0.4) is 0 Å². The van der Waals surface area contributed by atoms with Crippen molar-refractivity contribution in [2.75, 3.05) is 6.54 Å². The third-order valence-electron chi connectivity index (χ3n) is 4.70. The van der Waals surface area contributed by atoms with E-state index in [0.717, 1.165) is 50.1 Å². The third kappa shape index (κ3) is 3.40. The lowest BCUT2D eigenvalue weighted by Crippen LogP contribution is -2.35. The van der Waals surface area contributed by atoms with Gasteiger partial charge in [-0.25, -0.2) is 0 Å². The molecule has 0 spiro atoms. The number of halogens is 1. The van der Waals surface area contributed by atoms with Gasteiger partial charge in [-0.2, -0.15) is 0 Å². The molecule has 2 N–H and O–H groups in total. The average molecular weight is 314 g/mol. The smallest absolute Gasteiger partial charge is 0.223 e. The summed E-state index contributed by atoms with van der Waals surface area (Å²) in [5.41, 5.74) is 6.95. The predicted octanol–water partition coefficient (Wildman–Crippen LogP) is 2.59. The van der Waals surface area contributed by atoms with Crippen LogP contribution in [-0.4, -0.2) is 28.6 Å². The van der Waals surface area contributed by atoms with Gasteiger partial charge in [0.1, 0.15) is 0 Å². The van der Waals surface area contributed by atoms with Crippen LogP contribution in [0.5, 0.6) is 0 Å². The van der Waals surface area contributed by atoms with Gasteiger partial charge in [-0.3, -0.25) is 4.79 Å². The number of carbonyl (C=O) groups excluding carboxylic acids is 1. The zero-order valence-corrected chi connectivity index (χ0v) is 13.3. The van der Waals surface area contributed by atoms with Gasteiger partial charge in [-0.1, -0.05) is 11.6 Å². The molecule has 0 aromatic carbocycles. The minimum absolute atomic E-state index is 0. The first-order chi connectivity index (χ1) is 9.65. The molecule has 1 aliphatic carbocycles. The molecule has 2 heterocycles. The van der Waals surface area contributed by atoms with Crippen LogP contribution in [0, 0.1) is 12.8 Å². The van der Waals surface area contributed by atoms with E-state index in [1.54, 1.807) is 0 Å². The monoisotopic (exact) mass is 313 g/mol. The summed E-state index contributed by atoms with van der Waals surface area (Å²) >= 11 is 0. The number of aryl methyl sites for hydroxylation is 1. The maximum atomic E-state index is 12.5. The first-order valence-corrected chi connectivity index (χ1v) is 7.63. The topological polar surface area (TPSA) is 72.4 Å². The molecule has 1 unspecified atom stereocenters. The van der Waals surface area contributed by atoms with Crippen LogP contribution in [-0.2, 0) is 4.79 Å². The fourth-order valence-electron chi connectivity index (χ4n) is 3.56. The van der Waals surface area contributed by atoms with E-state index < -0.39 is 0 Å². The van der Waals surface area contributed by atoms with Gasteiger partial charge in [-0.05, 0) is 38.5 Å². The minimum Gasteiger partial charge on any atom is -0.359 e. The molecule has 1 saturated heterocycles. The molecule has 3 atom stereocenters. The highest BCUT2D eigenvalue weighted by Crippen LogP contribution is 2.35. The SMILES string of the molecule is Cc1cc(C2CCCN2C(=O)C[C@@H]2CCC[C@H]2N)on1.Cl. The molecule has 6 heteroatoms. The Morgan fingerprint density at radius 1 is 1.43 bits per heavy atom. The fourth-order valence-corrected chi connectivity index (χ4v) is 3.56. The van der Waals surface area contributed by atoms with Crippen molar-refractivity contribution in [1.82, 2.24) is 10.1 Å². The van der Waals surface area contributed by atoms with Crippen molar-refractivity contribution < 1.29 is 9.32 Å². The van der Waals surface area contributed by atoms with Crippen LogP contribution in [0.1, 0.15) is 56.0 Å². The third-order valence-corrected chi connectivity index (χ3v) is 4.70. The molecular formula is C15H24ClN3O2. The summed E-state index contributed by atoms with van der Waals surface area (Å²) in [6.07, 6.45) is 5.90. The molecule has 2 fully saturated rings. The molecule has 1 aliphatic heterocycles. The Morgan fingerprint density at radius 2 is 2.24 bits per heavy atom. The second-order valence-electron chi connectivity index (χ2n) is 6.17. The highest BCUT2D eigenvalue weighted by atomic mass is 35.5. The summed E-state index contributed by atoms with van der Waals surface area (Å²) in [5.74, 6) is 1.41. The van der Waals surface area contributed by atoms with Crippen LogP contribution >= 0.6 is 12.4 Å². The Morgan fingerprint density at radius 3 is 2.86 bits per heavy atom. The van der Waals surface area contributed by atoms with E-state index in [0.29, 0.717) is 12.3 Å². The maximum Gasteiger partial charge on any atom is 0.223 e. The van der Waals surface area contributed by atoms with E-state index in [-0.39, 0.29) is 30.4 Å². The fraction of sp³-hybridized carbons (Fsp3) is 0.733. The molecule has 5 nitrogen and oxygen atoms in total. The molecule has 0 bridgehead atoms. The van der Waals surface area contributed by atoms with Crippen LogP contribution in [0.15, 0.2) is 10.6 Å². The van der Waals surface area contributed by atoms with Gasteiger partial charge in [-0.15, -0.1) is 12.4 Å². The number of carbonyl (C=O) groups is 1. The van der Waals surface area contributed by atoms with Crippen LogP contribution in [0.4, 0.5) is 0 Å². The van der Waals surface area contributed by atoms with Gasteiger partial charge in [0.15, 0.2) is 5.76 Å². The van der Waals surface area contributed by atoms with E-state index >= 15 is 0 Å². The minimum atomic E-state index is 0. The van der Waals surface area contributed by atoms with Gasteiger partial charge < -0.3 is 15.2 Å². The Labute approximate surface area is 131 Å². The summed E-state index contributed by atoms with van der Waals surface area (Å²) in [7, 11) is 0. The molecule has 2 aliphatic rings. The Bertz CT molecular complexity index is 491. The van der Waals surface area contributed by atoms with Gasteiger partial charge in [0.05, 0.1) is 11.7 Å². The molecule has 1 aromatic heterocycles. The first-order valence-electron chi connectivity index (χ1n) is 7.63. The number of hydrogen-bond acceptors (Lipinski definition) is 4. The number of aromatic nitrogens is 1. The molecular weight excluding hydrogens is 290 g/mol. The number of likely N-dealkylation sites (tertiary alicyclic amines) is 1. The van der Waals surface area contributed by atoms with E-state index in [1.807, 2.05) is 17.9 Å². The lowest BCUT2D eigenvalue weighted by molar-refractivity contribution is -0.133. The summed E-state index contributed by atoms with van der Waals surface area (Å²) in [6.45, 7) is 2.73. The van der Waals surface area contributed by atoms with E-state index in [9.17, 15) is 4.79 Å². The zero-order valence-electron chi connectivity index (χ0n) is 12.5. The standard InChI is InChI=1S/C15H23N3O2.ClH/c1-10-8-14(20-17-10)13-6-3-7-18(13)15(19)9-11-4-2-5-12(11)16;/h8,11-13H,2-7,9,16H2,1H3;1H/t11-,12+,13?;/m0./s1. The van der Waals surface area contributed by atoms with Crippen LogP contribution in [0.25, 0.3) is 0 Å². The number of nitrogens with two attached hydrogens (primary N) is 1. The molecule has 118 valence electrons. The lowest BCUT2D eigenvalue weighted by atomic mass is 9.99. The van der Waals surface area contributed by atoms with Gasteiger partial charge >= 0.3 is 0 Å². The predicted molar refractivity (Wildman–Crippen MR) is 82.1 cm³/mol. The zero-order chi connectivity index (χ0) is 14.1. The van der Waals surface area contributed by atoms with E-state index in [2.05, 4.69) is 5.16 Å². The van der Waals surface area contributed by atoms with Crippen molar-refractivity contribution in [2.45, 2.75) is 57.5 Å². The number of nitrogens with zero attached hydrogens (tertiary/aromatic N) is 2. The molecule has 21 heavy (non-hydrogen) atoms. The highest BCUT2D eigenvalue weighted by molar-refractivity contribution is 5.85. The second kappa shape index (κ2) is 6.79. The number of hydrogen-bond donors (Lipinski definition) is 1. The van der Waals surface area contributed by atoms with Crippen molar-refractivity contribution in [1.29, 1.82) is 0 Å². The average Bonchev–Trinajstić information content (AvgIpc) is 3.11. The van der Waals surface area contributed by atoms with Crippen molar-refractivity contribution in [3.63, 3.8) is 0 Å². The first kappa shape index (κ1) is 16.3. The van der Waals surface area contributed by atoms with Crippen LogP contribution in [0.2, 0.25) is 0 Å². The molecule has 1 saturated carbocycles. The Balaban J connectivity index is 0.00000161. The largest absolute Gasteiger partial charge is 0.359 e. The molecule has 1 aromatic rings.